The van der Waals surface area contributed by atoms with Crippen LogP contribution in [0.3, 0.4) is 0 Å². The molecule has 0 heterocycles. The van der Waals surface area contributed by atoms with Gasteiger partial charge in [0.2, 0.25) is 0 Å². The Morgan fingerprint density at radius 1 is 0.310 bits per heavy atom. The second-order valence-corrected chi connectivity index (χ2v) is 29.1. The molecular weight excluding hydrogens is 1250 g/mol. The highest BCUT2D eigenvalue weighted by atomic mass is 31.2. The van der Waals surface area contributed by atoms with Crippen molar-refractivity contribution >= 4 is 19.8 Å². The quantitative estimate of drug-likeness (QED) is 0.0195. The van der Waals surface area contributed by atoms with Crippen molar-refractivity contribution in [2.75, 3.05) is 47.5 Å². The van der Waals surface area contributed by atoms with Gasteiger partial charge in [-0.2, -0.15) is 0 Å². The minimum Gasteiger partial charge on any atom is -0.756 e. The fourth-order valence-corrected chi connectivity index (χ4v) is 11.6. The summed E-state index contributed by atoms with van der Waals surface area (Å²) in [5.74, 6) is -0.846. The molecular formula is C90H150NO8P. The summed E-state index contributed by atoms with van der Waals surface area (Å²) in [5.41, 5.74) is 0. The number of carbonyl (C=O) groups is 2. The molecule has 0 saturated carbocycles. The van der Waals surface area contributed by atoms with E-state index in [2.05, 4.69) is 196 Å². The van der Waals surface area contributed by atoms with E-state index in [4.69, 9.17) is 18.5 Å². The number of phosphoric ester groups is 1. The van der Waals surface area contributed by atoms with Crippen molar-refractivity contribution in [3.8, 4) is 0 Å². The first-order chi connectivity index (χ1) is 49.0. The zero-order chi connectivity index (χ0) is 72.5. The molecule has 2 unspecified atom stereocenters. The second-order valence-electron chi connectivity index (χ2n) is 27.7. The van der Waals surface area contributed by atoms with Gasteiger partial charge in [-0.3, -0.25) is 14.2 Å². The predicted octanol–water partition coefficient (Wildman–Crippen LogP) is 26.8. The summed E-state index contributed by atoms with van der Waals surface area (Å²) in [7, 11) is 1.15. The van der Waals surface area contributed by atoms with Crippen molar-refractivity contribution in [2.45, 2.75) is 328 Å². The van der Waals surface area contributed by atoms with Gasteiger partial charge in [-0.1, -0.05) is 357 Å². The Balaban J connectivity index is 4.02. The lowest BCUT2D eigenvalue weighted by Crippen LogP contribution is -2.37. The van der Waals surface area contributed by atoms with Gasteiger partial charge in [0.25, 0.3) is 7.82 Å². The molecule has 0 aromatic rings. The molecule has 0 N–H and O–H groups in total. The minimum absolute atomic E-state index is 0.0401. The molecule has 0 aliphatic heterocycles. The number of esters is 2. The summed E-state index contributed by atoms with van der Waals surface area (Å²) in [4.78, 5) is 38.2. The highest BCUT2D eigenvalue weighted by Gasteiger charge is 2.22. The third kappa shape index (κ3) is 82.1. The highest BCUT2D eigenvalue weighted by molar-refractivity contribution is 7.45. The summed E-state index contributed by atoms with van der Waals surface area (Å²) < 4.78 is 34.4. The smallest absolute Gasteiger partial charge is 0.306 e. The van der Waals surface area contributed by atoms with Crippen LogP contribution in [0.25, 0.3) is 0 Å². The third-order valence-corrected chi connectivity index (χ3v) is 17.9. The third-order valence-electron chi connectivity index (χ3n) is 16.9. The zero-order valence-electron chi connectivity index (χ0n) is 64.8. The first kappa shape index (κ1) is 95.1. The number of unbranched alkanes of at least 4 members (excludes halogenated alkanes) is 29. The molecule has 568 valence electrons. The van der Waals surface area contributed by atoms with Crippen LogP contribution >= 0.6 is 7.82 Å². The zero-order valence-corrected chi connectivity index (χ0v) is 65.7. The summed E-state index contributed by atoms with van der Waals surface area (Å²) in [6.07, 6.45) is 120. The Kier molecular flexibility index (Phi) is 74.4. The summed E-state index contributed by atoms with van der Waals surface area (Å²) in [6, 6.07) is 0. The molecule has 2 atom stereocenters. The van der Waals surface area contributed by atoms with E-state index < -0.39 is 26.5 Å². The number of ether oxygens (including phenoxy) is 2. The molecule has 0 radical (unpaired) electrons. The molecule has 0 fully saturated rings. The number of allylic oxidation sites excluding steroid dienone is 30. The highest BCUT2D eigenvalue weighted by Crippen LogP contribution is 2.38. The van der Waals surface area contributed by atoms with Gasteiger partial charge in [-0.25, -0.2) is 0 Å². The minimum atomic E-state index is -4.66. The first-order valence-corrected chi connectivity index (χ1v) is 42.0. The number of hydrogen-bond donors (Lipinski definition) is 0. The van der Waals surface area contributed by atoms with Gasteiger partial charge < -0.3 is 27.9 Å². The van der Waals surface area contributed by atoms with Crippen molar-refractivity contribution in [2.24, 2.45) is 0 Å². The normalized spacial score (nSPS) is 14.0. The van der Waals surface area contributed by atoms with Gasteiger partial charge in [-0.15, -0.1) is 0 Å². The van der Waals surface area contributed by atoms with Crippen molar-refractivity contribution in [3.05, 3.63) is 182 Å². The van der Waals surface area contributed by atoms with Gasteiger partial charge in [-0.05, 0) is 135 Å². The molecule has 0 aliphatic carbocycles. The van der Waals surface area contributed by atoms with Crippen LogP contribution in [0.2, 0.25) is 0 Å². The van der Waals surface area contributed by atoms with Crippen LogP contribution in [-0.2, 0) is 32.7 Å². The van der Waals surface area contributed by atoms with Crippen molar-refractivity contribution in [1.82, 2.24) is 0 Å². The van der Waals surface area contributed by atoms with Gasteiger partial charge in [0, 0.05) is 12.8 Å². The number of quaternary nitrogens is 1. The molecule has 0 saturated heterocycles. The van der Waals surface area contributed by atoms with Crippen LogP contribution in [0.15, 0.2) is 182 Å². The fourth-order valence-electron chi connectivity index (χ4n) is 10.8. The SMILES string of the molecule is CC/C=C\C/C=C\C/C=C\C/C=C\C/C=C\C/C=C\C/C=C\C/C=C\C/C=C\CCCCCCCCCC(=O)OC(COC(=O)CCCCCCCCCCCCCCCCCCCCCCCC/C=C\C/C=C\C/C=C\C/C=C\C/C=C\C/C=C\CC)COP(=O)([O-])OCC[N+](C)(C)C. The number of phosphoric acid groups is 1. The van der Waals surface area contributed by atoms with Crippen molar-refractivity contribution in [3.63, 3.8) is 0 Å². The Labute approximate surface area is 616 Å². The number of rotatable bonds is 73. The summed E-state index contributed by atoms with van der Waals surface area (Å²) >= 11 is 0. The van der Waals surface area contributed by atoms with Crippen molar-refractivity contribution < 1.29 is 42.1 Å². The molecule has 0 amide bonds. The van der Waals surface area contributed by atoms with E-state index >= 15 is 0 Å². The Morgan fingerprint density at radius 2 is 0.540 bits per heavy atom. The maximum atomic E-state index is 12.9. The van der Waals surface area contributed by atoms with Crippen LogP contribution in [0, 0.1) is 0 Å². The number of nitrogens with zero attached hydrogens (tertiary/aromatic N) is 1. The molecule has 0 aromatic heterocycles. The fraction of sp³-hybridized carbons (Fsp3) is 0.644. The van der Waals surface area contributed by atoms with E-state index in [9.17, 15) is 19.0 Å². The van der Waals surface area contributed by atoms with E-state index in [0.29, 0.717) is 17.4 Å². The maximum Gasteiger partial charge on any atom is 0.306 e. The van der Waals surface area contributed by atoms with Gasteiger partial charge in [0.1, 0.15) is 19.8 Å². The van der Waals surface area contributed by atoms with Crippen LogP contribution in [0.4, 0.5) is 0 Å². The van der Waals surface area contributed by atoms with Crippen LogP contribution in [0.1, 0.15) is 322 Å². The molecule has 0 rings (SSSR count). The average Bonchev–Trinajstić information content (AvgIpc) is 1.65. The predicted molar refractivity (Wildman–Crippen MR) is 433 cm³/mol. The lowest BCUT2D eigenvalue weighted by atomic mass is 10.0. The lowest BCUT2D eigenvalue weighted by molar-refractivity contribution is -0.870. The lowest BCUT2D eigenvalue weighted by Gasteiger charge is -2.28. The van der Waals surface area contributed by atoms with Crippen LogP contribution < -0.4 is 4.89 Å². The standard InChI is InChI=1S/C90H150NO8P/c1-6-8-10-12-14-16-18-20-22-24-26-28-30-32-34-36-38-40-42-43-44-45-46-47-49-50-52-54-56-58-60-62-64-66-68-70-72-74-76-78-80-82-89(92)96-86-88(87-98-100(94,95)97-85-84-91(3,4)5)99-90(93)83-81-79-77-75-73-71-69-67-65-63-61-59-57-55-53-51-48-41-39-37-35-33-31-29-27-25-23-21-19-17-15-13-11-9-7-2/h8-11,14-17,20-23,26-29,32-35,38-41,51,53,57,59,63,65,88H,6-7,12-13,18-19,24-25,30-31,36-37,42-50,52,54-56,58,60-62,64,66-87H2,1-5H3/b10-8-,11-9-,16-14-,17-15-,22-20-,23-21-,28-26-,29-27-,34-32-,35-33-,40-38-,41-39-,53-51-,59-57-,65-63-. The van der Waals surface area contributed by atoms with Crippen LogP contribution in [0.5, 0.6) is 0 Å². The Bertz CT molecular complexity index is 2350. The molecule has 0 aliphatic rings. The monoisotopic (exact) mass is 1400 g/mol. The van der Waals surface area contributed by atoms with Crippen LogP contribution in [-0.4, -0.2) is 70.0 Å². The van der Waals surface area contributed by atoms with E-state index in [1.165, 1.54) is 141 Å². The van der Waals surface area contributed by atoms with E-state index in [-0.39, 0.29) is 32.0 Å². The molecule has 0 bridgehead atoms. The van der Waals surface area contributed by atoms with E-state index in [0.717, 1.165) is 148 Å². The number of carbonyl (C=O) groups excluding carboxylic acids is 2. The molecule has 0 aromatic carbocycles. The topological polar surface area (TPSA) is 111 Å². The molecule has 9 nitrogen and oxygen atoms in total. The second kappa shape index (κ2) is 78.3. The summed E-state index contributed by atoms with van der Waals surface area (Å²) in [6.45, 7) is 4.01. The molecule has 10 heteroatoms. The average molecular weight is 1410 g/mol. The van der Waals surface area contributed by atoms with Gasteiger partial charge in [0.05, 0.1) is 27.7 Å². The number of likely N-dealkylation sites (N-methyl/N-ethyl adjacent to an activating group) is 1. The van der Waals surface area contributed by atoms with E-state index in [1.807, 2.05) is 21.1 Å². The Hall–Kier alpha value is -4.89. The summed E-state index contributed by atoms with van der Waals surface area (Å²) in [5, 5.41) is 0. The number of hydrogen-bond acceptors (Lipinski definition) is 8. The maximum absolute atomic E-state index is 12.9. The Morgan fingerprint density at radius 3 is 0.800 bits per heavy atom. The largest absolute Gasteiger partial charge is 0.756 e. The first-order valence-electron chi connectivity index (χ1n) is 40.5. The van der Waals surface area contributed by atoms with Crippen molar-refractivity contribution in [1.29, 1.82) is 0 Å². The molecule has 100 heavy (non-hydrogen) atoms. The molecule has 0 spiro atoms. The van der Waals surface area contributed by atoms with Gasteiger partial charge >= 0.3 is 11.9 Å². The van der Waals surface area contributed by atoms with E-state index in [1.54, 1.807) is 0 Å². The van der Waals surface area contributed by atoms with Gasteiger partial charge in [0.15, 0.2) is 6.10 Å².